The lowest BCUT2D eigenvalue weighted by atomic mass is 10.0. The van der Waals surface area contributed by atoms with E-state index in [0.717, 1.165) is 6.42 Å². The van der Waals surface area contributed by atoms with Crippen LogP contribution in [-0.4, -0.2) is 64.6 Å². The predicted octanol–water partition coefficient (Wildman–Crippen LogP) is 4.12. The van der Waals surface area contributed by atoms with Gasteiger partial charge in [0.15, 0.2) is 11.3 Å². The van der Waals surface area contributed by atoms with E-state index >= 15 is 0 Å². The number of carbonyl (C=O) groups is 1. The van der Waals surface area contributed by atoms with Crippen LogP contribution in [0.15, 0.2) is 57.7 Å². The molecule has 1 N–H and O–H groups in total. The molecular weight excluding hydrogens is 570 g/mol. The topological polar surface area (TPSA) is 136 Å². The Morgan fingerprint density at radius 2 is 1.77 bits per heavy atom. The second-order valence-corrected chi connectivity index (χ2v) is 12.1. The summed E-state index contributed by atoms with van der Waals surface area (Å²) in [7, 11) is -2.35. The van der Waals surface area contributed by atoms with Gasteiger partial charge in [-0.05, 0) is 50.6 Å². The van der Waals surface area contributed by atoms with Crippen molar-refractivity contribution in [3.63, 3.8) is 0 Å². The molecule has 0 atom stereocenters. The van der Waals surface area contributed by atoms with E-state index < -0.39 is 10.0 Å². The molecule has 0 saturated carbocycles. The Morgan fingerprint density at radius 3 is 2.51 bits per heavy atom. The number of hydrogen-bond acceptors (Lipinski definition) is 8. The maximum Gasteiger partial charge on any atom is 0.277 e. The van der Waals surface area contributed by atoms with Gasteiger partial charge in [0, 0.05) is 37.7 Å². The molecule has 0 unspecified atom stereocenters. The van der Waals surface area contributed by atoms with Crippen molar-refractivity contribution < 1.29 is 22.7 Å². The lowest BCUT2D eigenvalue weighted by Gasteiger charge is -2.27. The highest BCUT2D eigenvalue weighted by Crippen LogP contribution is 2.33. The molecule has 0 spiro atoms. The van der Waals surface area contributed by atoms with Gasteiger partial charge in [-0.2, -0.15) is 9.40 Å². The van der Waals surface area contributed by atoms with E-state index in [2.05, 4.69) is 10.1 Å². The number of sulfonamides is 1. The molecule has 1 aliphatic heterocycles. The number of carbonyl (C=O) groups excluding carboxylic acids is 1. The number of H-pyrrole nitrogens is 1. The van der Waals surface area contributed by atoms with Crippen LogP contribution in [0.1, 0.15) is 44.9 Å². The number of piperidine rings is 1. The van der Waals surface area contributed by atoms with Crippen molar-refractivity contribution in [2.75, 3.05) is 26.3 Å². The van der Waals surface area contributed by atoms with E-state index in [-0.39, 0.29) is 41.6 Å². The first-order chi connectivity index (χ1) is 20.7. The minimum atomic E-state index is -4.04. The molecule has 0 bridgehead atoms. The summed E-state index contributed by atoms with van der Waals surface area (Å²) in [6, 6.07) is 11.8. The van der Waals surface area contributed by atoms with E-state index in [4.69, 9.17) is 14.5 Å². The maximum absolute atomic E-state index is 14.0. The number of benzene rings is 2. The number of aromatic nitrogens is 4. The summed E-state index contributed by atoms with van der Waals surface area (Å²) in [5, 5.41) is 4.47. The van der Waals surface area contributed by atoms with Gasteiger partial charge in [-0.1, -0.05) is 31.5 Å². The molecule has 226 valence electrons. The first-order valence-corrected chi connectivity index (χ1v) is 15.8. The largest absolute Gasteiger partial charge is 0.493 e. The van der Waals surface area contributed by atoms with Gasteiger partial charge in [-0.25, -0.2) is 13.4 Å². The van der Waals surface area contributed by atoms with Crippen molar-refractivity contribution in [2.45, 2.75) is 44.9 Å². The number of para-hydroxylation sites is 1. The predicted molar refractivity (Wildman–Crippen MR) is 164 cm³/mol. The Labute approximate surface area is 250 Å². The molecule has 1 aliphatic rings. The number of rotatable bonds is 10. The van der Waals surface area contributed by atoms with Crippen LogP contribution in [0.4, 0.5) is 0 Å². The number of ketones is 1. The average molecular weight is 606 g/mol. The zero-order chi connectivity index (χ0) is 30.7. The van der Waals surface area contributed by atoms with Crippen molar-refractivity contribution in [3.05, 3.63) is 69.6 Å². The first kappa shape index (κ1) is 30.2. The van der Waals surface area contributed by atoms with E-state index in [9.17, 15) is 18.0 Å². The summed E-state index contributed by atoms with van der Waals surface area (Å²) in [5.74, 6) is 1.08. The monoisotopic (exact) mass is 605 g/mol. The molecule has 3 heterocycles. The zero-order valence-electron chi connectivity index (χ0n) is 24.7. The van der Waals surface area contributed by atoms with Crippen LogP contribution in [-0.2, 0) is 28.3 Å². The fourth-order valence-corrected chi connectivity index (χ4v) is 6.66. The molecule has 12 heteroatoms. The number of aryl methyl sites for hydroxylation is 2. The van der Waals surface area contributed by atoms with Crippen molar-refractivity contribution in [1.82, 2.24) is 24.1 Å². The Morgan fingerprint density at radius 1 is 1.02 bits per heavy atom. The minimum Gasteiger partial charge on any atom is -0.493 e. The molecule has 1 saturated heterocycles. The van der Waals surface area contributed by atoms with Gasteiger partial charge in [0.2, 0.25) is 10.0 Å². The van der Waals surface area contributed by atoms with Crippen LogP contribution in [0, 0.1) is 0 Å². The quantitative estimate of drug-likeness (QED) is 0.267. The highest BCUT2D eigenvalue weighted by Gasteiger charge is 2.32. The van der Waals surface area contributed by atoms with Gasteiger partial charge in [-0.15, -0.1) is 0 Å². The van der Waals surface area contributed by atoms with E-state index in [1.165, 1.54) is 21.1 Å². The molecular formula is C31H35N5O6S. The number of Topliss-reactive ketones (excluding diaryl/α,β-unsaturated/α-hetero) is 1. The molecule has 43 heavy (non-hydrogen) atoms. The van der Waals surface area contributed by atoms with Gasteiger partial charge in [-0.3, -0.25) is 14.3 Å². The molecule has 5 rings (SSSR count). The highest BCUT2D eigenvalue weighted by atomic mass is 32.2. The number of nitrogens with one attached hydrogen (secondary N) is 1. The van der Waals surface area contributed by atoms with Crippen molar-refractivity contribution in [3.8, 4) is 22.9 Å². The number of hydrogen-bond donors (Lipinski definition) is 1. The third-order valence-electron chi connectivity index (χ3n) is 7.23. The van der Waals surface area contributed by atoms with Crippen LogP contribution < -0.4 is 15.0 Å². The summed E-state index contributed by atoms with van der Waals surface area (Å²) in [6.07, 6.45) is 3.21. The lowest BCUT2D eigenvalue weighted by molar-refractivity contribution is -0.116. The van der Waals surface area contributed by atoms with Crippen molar-refractivity contribution >= 4 is 32.9 Å². The summed E-state index contributed by atoms with van der Waals surface area (Å²) in [5.41, 5.74) is 2.54. The van der Waals surface area contributed by atoms with Gasteiger partial charge >= 0.3 is 0 Å². The third kappa shape index (κ3) is 5.98. The second kappa shape index (κ2) is 12.5. The van der Waals surface area contributed by atoms with Crippen molar-refractivity contribution in [1.29, 1.82) is 0 Å². The fourth-order valence-electron chi connectivity index (χ4n) is 5.21. The number of nitrogens with zero attached hydrogens (tertiary/aromatic N) is 4. The van der Waals surface area contributed by atoms with Gasteiger partial charge in [0.25, 0.3) is 5.56 Å². The molecule has 4 aromatic rings. The standard InChI is InChI=1S/C31H35N5O6S/c1-5-10-24-28-29(35(4)34-24)31(38)33-30(32-28)23-18-22(13-14-27(23)42-7-3)43(39,40)36-16-15-25(37)21(19-36)17-20-11-8-9-12-26(20)41-6-2/h8-9,11-14,17-18H,5-7,10,15-16,19H2,1-4H3,(H,32,33,38)/b21-17-. The molecule has 1 fully saturated rings. The summed E-state index contributed by atoms with van der Waals surface area (Å²) in [4.78, 5) is 33.5. The summed E-state index contributed by atoms with van der Waals surface area (Å²) < 4.78 is 42.2. The van der Waals surface area contributed by atoms with Gasteiger partial charge in [0.05, 0.1) is 29.4 Å². The lowest BCUT2D eigenvalue weighted by Crippen LogP contribution is -2.40. The Hall–Kier alpha value is -4.29. The molecule has 0 amide bonds. The van der Waals surface area contributed by atoms with E-state index in [0.29, 0.717) is 64.6 Å². The zero-order valence-corrected chi connectivity index (χ0v) is 25.5. The second-order valence-electron chi connectivity index (χ2n) is 10.2. The van der Waals surface area contributed by atoms with Crippen LogP contribution in [0.3, 0.4) is 0 Å². The van der Waals surface area contributed by atoms with Gasteiger partial charge < -0.3 is 14.5 Å². The Kier molecular flexibility index (Phi) is 8.79. The Balaban J connectivity index is 1.55. The summed E-state index contributed by atoms with van der Waals surface area (Å²) >= 11 is 0. The van der Waals surface area contributed by atoms with Crippen molar-refractivity contribution in [2.24, 2.45) is 7.05 Å². The SMILES string of the molecule is CCCc1nn(C)c2c(=O)[nH]c(-c3cc(S(=O)(=O)N4CCC(=O)/C(=C\c5ccccc5OCC)C4)ccc3OCC)nc12. The number of fused-ring (bicyclic) bond motifs is 1. The van der Waals surface area contributed by atoms with E-state index in [1.54, 1.807) is 19.2 Å². The van der Waals surface area contributed by atoms with Crippen LogP contribution in [0.2, 0.25) is 0 Å². The van der Waals surface area contributed by atoms with Crippen LogP contribution >= 0.6 is 0 Å². The first-order valence-electron chi connectivity index (χ1n) is 14.4. The minimum absolute atomic E-state index is 0.00270. The highest BCUT2D eigenvalue weighted by molar-refractivity contribution is 7.89. The smallest absolute Gasteiger partial charge is 0.277 e. The normalized spacial score (nSPS) is 15.3. The molecule has 2 aromatic carbocycles. The summed E-state index contributed by atoms with van der Waals surface area (Å²) in [6.45, 7) is 6.46. The molecule has 11 nitrogen and oxygen atoms in total. The molecule has 2 aromatic heterocycles. The number of ether oxygens (including phenoxy) is 2. The Bertz CT molecular complexity index is 1880. The average Bonchev–Trinajstić information content (AvgIpc) is 3.30. The maximum atomic E-state index is 14.0. The molecule has 0 aliphatic carbocycles. The third-order valence-corrected chi connectivity index (χ3v) is 9.08. The van der Waals surface area contributed by atoms with Crippen LogP contribution in [0.5, 0.6) is 11.5 Å². The van der Waals surface area contributed by atoms with E-state index in [1.807, 2.05) is 45.0 Å². The van der Waals surface area contributed by atoms with Gasteiger partial charge in [0.1, 0.15) is 22.8 Å². The fraction of sp³-hybridized carbons (Fsp3) is 0.355. The molecule has 0 radical (unpaired) electrons. The number of aromatic amines is 1. The van der Waals surface area contributed by atoms with Crippen LogP contribution in [0.25, 0.3) is 28.5 Å².